The Bertz CT molecular complexity index is 520. The highest BCUT2D eigenvalue weighted by Gasteiger charge is 2.11. The van der Waals surface area contributed by atoms with Crippen LogP contribution in [0.15, 0.2) is 40.9 Å². The maximum atomic E-state index is 8.72. The maximum Gasteiger partial charge on any atom is 0.152 e. The highest BCUT2D eigenvalue weighted by molar-refractivity contribution is 7.99. The Hall–Kier alpha value is -2.06. The van der Waals surface area contributed by atoms with E-state index in [9.17, 15) is 0 Å². The van der Waals surface area contributed by atoms with Gasteiger partial charge >= 0.3 is 0 Å². The van der Waals surface area contributed by atoms with E-state index >= 15 is 0 Å². The number of nitrogens with zero attached hydrogens (tertiary/aromatic N) is 4. The number of rotatable bonds is 3. The van der Waals surface area contributed by atoms with Crippen LogP contribution in [0.4, 0.5) is 0 Å². The van der Waals surface area contributed by atoms with Crippen LogP contribution in [-0.4, -0.2) is 31.2 Å². The molecule has 0 spiro atoms. The molecule has 86 valence electrons. The minimum atomic E-state index is -0.147. The van der Waals surface area contributed by atoms with E-state index in [1.807, 2.05) is 0 Å². The number of aromatic nitrogens is 4. The normalized spacial score (nSPS) is 9.94. The highest BCUT2D eigenvalue weighted by atomic mass is 32.2. The highest BCUT2D eigenvalue weighted by Crippen LogP contribution is 2.25. The fourth-order valence-corrected chi connectivity index (χ4v) is 1.88. The summed E-state index contributed by atoms with van der Waals surface area (Å²) in [6.07, 6.45) is 6.16. The first-order valence-electron chi connectivity index (χ1n) is 4.56. The van der Waals surface area contributed by atoms with E-state index in [0.717, 1.165) is 0 Å². The van der Waals surface area contributed by atoms with Crippen molar-refractivity contribution < 1.29 is 5.21 Å². The smallest absolute Gasteiger partial charge is 0.152 e. The summed E-state index contributed by atoms with van der Waals surface area (Å²) < 4.78 is 0. The SMILES string of the molecule is N=C(NO)c1ccnnc1Sc1cnccn1. The van der Waals surface area contributed by atoms with E-state index in [4.69, 9.17) is 10.6 Å². The zero-order chi connectivity index (χ0) is 12.1. The van der Waals surface area contributed by atoms with Crippen molar-refractivity contribution in [1.82, 2.24) is 25.6 Å². The molecule has 0 aromatic carbocycles. The summed E-state index contributed by atoms with van der Waals surface area (Å²) in [7, 11) is 0. The van der Waals surface area contributed by atoms with Crippen molar-refractivity contribution in [2.24, 2.45) is 0 Å². The van der Waals surface area contributed by atoms with Crippen molar-refractivity contribution in [3.8, 4) is 0 Å². The van der Waals surface area contributed by atoms with Gasteiger partial charge in [0.1, 0.15) is 10.1 Å². The third-order valence-corrected chi connectivity index (χ3v) is 2.72. The van der Waals surface area contributed by atoms with Crippen LogP contribution in [-0.2, 0) is 0 Å². The minimum absolute atomic E-state index is 0.147. The molecule has 2 aromatic rings. The quantitative estimate of drug-likeness (QED) is 0.417. The number of hydrogen-bond donors (Lipinski definition) is 3. The zero-order valence-corrected chi connectivity index (χ0v) is 9.35. The minimum Gasteiger partial charge on any atom is -0.290 e. The lowest BCUT2D eigenvalue weighted by Gasteiger charge is -2.06. The first-order chi connectivity index (χ1) is 8.31. The van der Waals surface area contributed by atoms with Gasteiger partial charge in [0.25, 0.3) is 0 Å². The molecule has 0 amide bonds. The molecule has 0 aliphatic carbocycles. The molecule has 2 aromatic heterocycles. The summed E-state index contributed by atoms with van der Waals surface area (Å²) in [6.45, 7) is 0. The molecule has 17 heavy (non-hydrogen) atoms. The van der Waals surface area contributed by atoms with E-state index in [2.05, 4.69) is 20.2 Å². The van der Waals surface area contributed by atoms with Gasteiger partial charge in [-0.1, -0.05) is 0 Å². The molecule has 0 fully saturated rings. The second-order valence-corrected chi connectivity index (χ2v) is 3.89. The largest absolute Gasteiger partial charge is 0.290 e. The van der Waals surface area contributed by atoms with Crippen LogP contribution in [0, 0.1) is 5.41 Å². The van der Waals surface area contributed by atoms with Crippen LogP contribution in [0.1, 0.15) is 5.56 Å². The zero-order valence-electron chi connectivity index (χ0n) is 8.53. The summed E-state index contributed by atoms with van der Waals surface area (Å²) in [5.74, 6) is -0.147. The number of nitrogens with one attached hydrogen (secondary N) is 2. The van der Waals surface area contributed by atoms with Gasteiger partial charge in [-0.25, -0.2) is 4.98 Å². The number of hydroxylamine groups is 1. The van der Waals surface area contributed by atoms with Crippen LogP contribution in [0.3, 0.4) is 0 Å². The molecule has 0 saturated heterocycles. The summed E-state index contributed by atoms with van der Waals surface area (Å²) in [4.78, 5) is 8.00. The molecular weight excluding hydrogens is 240 g/mol. The van der Waals surface area contributed by atoms with E-state index in [0.29, 0.717) is 15.6 Å². The molecule has 2 heterocycles. The number of amidine groups is 1. The van der Waals surface area contributed by atoms with Crippen molar-refractivity contribution in [2.75, 3.05) is 0 Å². The first kappa shape index (κ1) is 11.4. The molecule has 3 N–H and O–H groups in total. The topological polar surface area (TPSA) is 108 Å². The van der Waals surface area contributed by atoms with Gasteiger partial charge in [-0.05, 0) is 17.8 Å². The van der Waals surface area contributed by atoms with E-state index in [1.165, 1.54) is 18.0 Å². The standard InChI is InChI=1S/C9H8N6OS/c10-8(15-16)6-1-2-13-14-9(6)17-7-5-11-3-4-12-7/h1-5,16H,(H2,10,15). The van der Waals surface area contributed by atoms with Gasteiger partial charge < -0.3 is 0 Å². The lowest BCUT2D eigenvalue weighted by molar-refractivity contribution is 0.234. The van der Waals surface area contributed by atoms with Gasteiger partial charge in [-0.15, -0.1) is 5.10 Å². The molecule has 0 unspecified atom stereocenters. The molecule has 0 aliphatic heterocycles. The van der Waals surface area contributed by atoms with Gasteiger partial charge in [0.05, 0.1) is 18.0 Å². The first-order valence-corrected chi connectivity index (χ1v) is 5.37. The molecule has 8 heteroatoms. The van der Waals surface area contributed by atoms with Gasteiger partial charge in [0, 0.05) is 12.4 Å². The van der Waals surface area contributed by atoms with Crippen molar-refractivity contribution >= 4 is 17.6 Å². The Kier molecular flexibility index (Phi) is 3.58. The van der Waals surface area contributed by atoms with Crippen molar-refractivity contribution in [3.05, 3.63) is 36.4 Å². The fraction of sp³-hybridized carbons (Fsp3) is 0. The predicted octanol–water partition coefficient (Wildman–Crippen LogP) is 0.722. The van der Waals surface area contributed by atoms with Gasteiger partial charge in [0.2, 0.25) is 0 Å². The fourth-order valence-electron chi connectivity index (χ4n) is 1.08. The van der Waals surface area contributed by atoms with Crippen LogP contribution in [0.25, 0.3) is 0 Å². The van der Waals surface area contributed by atoms with Gasteiger partial charge in [-0.3, -0.25) is 21.1 Å². The molecule has 2 rings (SSSR count). The van der Waals surface area contributed by atoms with Crippen LogP contribution < -0.4 is 5.48 Å². The van der Waals surface area contributed by atoms with E-state index in [-0.39, 0.29) is 5.84 Å². The van der Waals surface area contributed by atoms with Crippen molar-refractivity contribution in [2.45, 2.75) is 10.1 Å². The van der Waals surface area contributed by atoms with Gasteiger partial charge in [0.15, 0.2) is 5.84 Å². The van der Waals surface area contributed by atoms with Crippen LogP contribution >= 0.6 is 11.8 Å². The lowest BCUT2D eigenvalue weighted by Crippen LogP contribution is -2.20. The van der Waals surface area contributed by atoms with Crippen LogP contribution in [0.2, 0.25) is 0 Å². The summed E-state index contributed by atoms with van der Waals surface area (Å²) >= 11 is 1.22. The molecule has 0 radical (unpaired) electrons. The Morgan fingerprint density at radius 3 is 2.94 bits per heavy atom. The maximum absolute atomic E-state index is 8.72. The Morgan fingerprint density at radius 1 is 1.35 bits per heavy atom. The lowest BCUT2D eigenvalue weighted by atomic mass is 10.3. The molecular formula is C9H8N6OS. The van der Waals surface area contributed by atoms with E-state index in [1.54, 1.807) is 30.1 Å². The molecule has 0 atom stereocenters. The monoisotopic (exact) mass is 248 g/mol. The predicted molar refractivity (Wildman–Crippen MR) is 59.9 cm³/mol. The average molecular weight is 248 g/mol. The Labute approximate surface area is 101 Å². The molecule has 0 bridgehead atoms. The average Bonchev–Trinajstić information content (AvgIpc) is 2.40. The summed E-state index contributed by atoms with van der Waals surface area (Å²) in [6, 6.07) is 1.58. The second kappa shape index (κ2) is 5.32. The van der Waals surface area contributed by atoms with Crippen molar-refractivity contribution in [3.63, 3.8) is 0 Å². The molecule has 0 aliphatic rings. The van der Waals surface area contributed by atoms with E-state index < -0.39 is 0 Å². The Balaban J connectivity index is 2.30. The summed E-state index contributed by atoms with van der Waals surface area (Å²) in [5.41, 5.74) is 2.22. The summed E-state index contributed by atoms with van der Waals surface area (Å²) in [5, 5.41) is 25.0. The van der Waals surface area contributed by atoms with Crippen LogP contribution in [0.5, 0.6) is 0 Å². The molecule has 7 nitrogen and oxygen atoms in total. The third-order valence-electron chi connectivity index (χ3n) is 1.81. The molecule has 0 saturated carbocycles. The van der Waals surface area contributed by atoms with Crippen molar-refractivity contribution in [1.29, 1.82) is 5.41 Å². The Morgan fingerprint density at radius 2 is 2.24 bits per heavy atom. The number of hydrogen-bond acceptors (Lipinski definition) is 7. The van der Waals surface area contributed by atoms with Gasteiger partial charge in [-0.2, -0.15) is 5.10 Å². The second-order valence-electron chi connectivity index (χ2n) is 2.88. The third kappa shape index (κ3) is 2.74.